The zero-order valence-corrected chi connectivity index (χ0v) is 12.0. The lowest BCUT2D eigenvalue weighted by Gasteiger charge is -1.99. The monoisotopic (exact) mass is 318 g/mol. The van der Waals surface area contributed by atoms with Gasteiger partial charge in [0.2, 0.25) is 0 Å². The van der Waals surface area contributed by atoms with Crippen LogP contribution in [-0.2, 0) is 6.42 Å². The molecule has 3 aromatic rings. The Bertz CT molecular complexity index is 749. The fourth-order valence-corrected chi connectivity index (χ4v) is 2.44. The number of rotatable bonds is 2. The standard InChI is InChI=1S/C15H12BrFN2/c1-2-9-3-6-13-14(7-9)19-15(18-13)11-8-10(16)4-5-12(11)17/h3-8H,2H2,1H3,(H,18,19). The van der Waals surface area contributed by atoms with Gasteiger partial charge in [-0.3, -0.25) is 0 Å². The highest BCUT2D eigenvalue weighted by atomic mass is 79.9. The second kappa shape index (κ2) is 4.78. The third-order valence-electron chi connectivity index (χ3n) is 3.14. The zero-order chi connectivity index (χ0) is 13.4. The summed E-state index contributed by atoms with van der Waals surface area (Å²) in [6.07, 6.45) is 0.968. The molecule has 1 aromatic heterocycles. The largest absolute Gasteiger partial charge is 0.338 e. The summed E-state index contributed by atoms with van der Waals surface area (Å²) in [5, 5.41) is 0. The Morgan fingerprint density at radius 3 is 2.84 bits per heavy atom. The average molecular weight is 319 g/mol. The van der Waals surface area contributed by atoms with Gasteiger partial charge in [-0.25, -0.2) is 9.37 Å². The van der Waals surface area contributed by atoms with E-state index in [0.29, 0.717) is 11.4 Å². The lowest BCUT2D eigenvalue weighted by Crippen LogP contribution is -1.86. The van der Waals surface area contributed by atoms with Crippen LogP contribution in [0.4, 0.5) is 4.39 Å². The van der Waals surface area contributed by atoms with Gasteiger partial charge in [0.15, 0.2) is 0 Å². The SMILES string of the molecule is CCc1ccc2nc(-c3cc(Br)ccc3F)[nH]c2c1. The first-order valence-electron chi connectivity index (χ1n) is 6.11. The Balaban J connectivity index is 2.17. The van der Waals surface area contributed by atoms with Crippen molar-refractivity contribution in [3.63, 3.8) is 0 Å². The normalized spacial score (nSPS) is 11.1. The van der Waals surface area contributed by atoms with Crippen molar-refractivity contribution >= 4 is 27.0 Å². The number of benzene rings is 2. The summed E-state index contributed by atoms with van der Waals surface area (Å²) in [5.41, 5.74) is 3.50. The van der Waals surface area contributed by atoms with Gasteiger partial charge in [0.25, 0.3) is 0 Å². The van der Waals surface area contributed by atoms with Gasteiger partial charge in [-0.1, -0.05) is 28.9 Å². The van der Waals surface area contributed by atoms with E-state index < -0.39 is 0 Å². The number of nitrogens with one attached hydrogen (secondary N) is 1. The lowest BCUT2D eigenvalue weighted by molar-refractivity contribution is 0.630. The van der Waals surface area contributed by atoms with Crippen LogP contribution in [0.5, 0.6) is 0 Å². The molecule has 0 atom stereocenters. The number of imidazole rings is 1. The Labute approximate surface area is 118 Å². The number of aromatic amines is 1. The van der Waals surface area contributed by atoms with E-state index in [-0.39, 0.29) is 5.82 Å². The Hall–Kier alpha value is -1.68. The number of nitrogens with zero attached hydrogens (tertiary/aromatic N) is 1. The molecule has 0 saturated heterocycles. The number of hydrogen-bond donors (Lipinski definition) is 1. The topological polar surface area (TPSA) is 28.7 Å². The number of fused-ring (bicyclic) bond motifs is 1. The fourth-order valence-electron chi connectivity index (χ4n) is 2.08. The van der Waals surface area contributed by atoms with Crippen molar-refractivity contribution in [3.05, 3.63) is 52.3 Å². The molecule has 0 bridgehead atoms. The summed E-state index contributed by atoms with van der Waals surface area (Å²) in [6, 6.07) is 10.9. The molecule has 0 amide bonds. The van der Waals surface area contributed by atoms with Crippen molar-refractivity contribution in [3.8, 4) is 11.4 Å². The molecular weight excluding hydrogens is 307 g/mol. The number of halogens is 2. The second-order valence-electron chi connectivity index (χ2n) is 4.41. The van der Waals surface area contributed by atoms with E-state index >= 15 is 0 Å². The van der Waals surface area contributed by atoms with Crippen LogP contribution in [0, 0.1) is 5.82 Å². The number of H-pyrrole nitrogens is 1. The van der Waals surface area contributed by atoms with Gasteiger partial charge >= 0.3 is 0 Å². The van der Waals surface area contributed by atoms with Crippen molar-refractivity contribution in [1.82, 2.24) is 9.97 Å². The van der Waals surface area contributed by atoms with E-state index in [1.165, 1.54) is 11.6 Å². The summed E-state index contributed by atoms with van der Waals surface area (Å²) in [5.74, 6) is 0.278. The van der Waals surface area contributed by atoms with Crippen LogP contribution >= 0.6 is 15.9 Å². The molecule has 0 aliphatic rings. The molecule has 0 fully saturated rings. The first-order chi connectivity index (χ1) is 9.17. The molecule has 3 rings (SSSR count). The number of aryl methyl sites for hydroxylation is 1. The third-order valence-corrected chi connectivity index (χ3v) is 3.63. The van der Waals surface area contributed by atoms with Gasteiger partial charge < -0.3 is 4.98 Å². The Morgan fingerprint density at radius 2 is 2.05 bits per heavy atom. The summed E-state index contributed by atoms with van der Waals surface area (Å²) in [7, 11) is 0. The maximum absolute atomic E-state index is 13.8. The predicted molar refractivity (Wildman–Crippen MR) is 78.6 cm³/mol. The summed E-state index contributed by atoms with van der Waals surface area (Å²) < 4.78 is 14.7. The molecule has 0 aliphatic carbocycles. The first-order valence-corrected chi connectivity index (χ1v) is 6.90. The van der Waals surface area contributed by atoms with E-state index in [9.17, 15) is 4.39 Å². The third kappa shape index (κ3) is 2.28. The molecule has 1 N–H and O–H groups in total. The van der Waals surface area contributed by atoms with Crippen molar-refractivity contribution < 1.29 is 4.39 Å². The molecule has 0 radical (unpaired) electrons. The summed E-state index contributed by atoms with van der Waals surface area (Å²) >= 11 is 3.35. The molecule has 0 unspecified atom stereocenters. The van der Waals surface area contributed by atoms with Crippen LogP contribution in [0.15, 0.2) is 40.9 Å². The van der Waals surface area contributed by atoms with Gasteiger partial charge in [-0.2, -0.15) is 0 Å². The molecule has 4 heteroatoms. The van der Waals surface area contributed by atoms with Crippen LogP contribution in [0.3, 0.4) is 0 Å². The lowest BCUT2D eigenvalue weighted by atomic mass is 10.1. The van der Waals surface area contributed by atoms with E-state index in [1.54, 1.807) is 12.1 Å². The maximum Gasteiger partial charge on any atom is 0.141 e. The second-order valence-corrected chi connectivity index (χ2v) is 5.33. The zero-order valence-electron chi connectivity index (χ0n) is 10.4. The number of aromatic nitrogens is 2. The van der Waals surface area contributed by atoms with Crippen LogP contribution < -0.4 is 0 Å². The highest BCUT2D eigenvalue weighted by Gasteiger charge is 2.10. The predicted octanol–water partition coefficient (Wildman–Crippen LogP) is 4.69. The molecule has 0 aliphatic heterocycles. The number of hydrogen-bond acceptors (Lipinski definition) is 1. The van der Waals surface area contributed by atoms with Gasteiger partial charge in [0.05, 0.1) is 16.6 Å². The van der Waals surface area contributed by atoms with E-state index in [2.05, 4.69) is 38.9 Å². The highest BCUT2D eigenvalue weighted by Crippen LogP contribution is 2.26. The minimum absolute atomic E-state index is 0.280. The van der Waals surface area contributed by atoms with Gasteiger partial charge in [-0.05, 0) is 42.3 Å². The van der Waals surface area contributed by atoms with E-state index in [0.717, 1.165) is 21.9 Å². The van der Waals surface area contributed by atoms with Gasteiger partial charge in [0, 0.05) is 4.47 Å². The summed E-state index contributed by atoms with van der Waals surface area (Å²) in [4.78, 5) is 7.63. The van der Waals surface area contributed by atoms with Crippen LogP contribution in [0.2, 0.25) is 0 Å². The fraction of sp³-hybridized carbons (Fsp3) is 0.133. The molecule has 19 heavy (non-hydrogen) atoms. The van der Waals surface area contributed by atoms with E-state index in [4.69, 9.17) is 0 Å². The molecule has 1 heterocycles. The maximum atomic E-state index is 13.8. The molecule has 2 aromatic carbocycles. The first kappa shape index (κ1) is 12.4. The summed E-state index contributed by atoms with van der Waals surface area (Å²) in [6.45, 7) is 2.10. The van der Waals surface area contributed by atoms with Crippen LogP contribution in [-0.4, -0.2) is 9.97 Å². The van der Waals surface area contributed by atoms with Gasteiger partial charge in [0.1, 0.15) is 11.6 Å². The van der Waals surface area contributed by atoms with E-state index in [1.807, 2.05) is 12.1 Å². The van der Waals surface area contributed by atoms with Gasteiger partial charge in [-0.15, -0.1) is 0 Å². The molecule has 2 nitrogen and oxygen atoms in total. The average Bonchev–Trinajstić information content (AvgIpc) is 2.83. The highest BCUT2D eigenvalue weighted by molar-refractivity contribution is 9.10. The molecule has 0 saturated carbocycles. The minimum atomic E-state index is -0.280. The Kier molecular flexibility index (Phi) is 3.11. The minimum Gasteiger partial charge on any atom is -0.338 e. The van der Waals surface area contributed by atoms with Crippen molar-refractivity contribution in [2.75, 3.05) is 0 Å². The van der Waals surface area contributed by atoms with Crippen molar-refractivity contribution in [2.45, 2.75) is 13.3 Å². The smallest absolute Gasteiger partial charge is 0.141 e. The molecule has 0 spiro atoms. The quantitative estimate of drug-likeness (QED) is 0.729. The molecule has 96 valence electrons. The van der Waals surface area contributed by atoms with Crippen LogP contribution in [0.1, 0.15) is 12.5 Å². The van der Waals surface area contributed by atoms with Crippen molar-refractivity contribution in [2.24, 2.45) is 0 Å². The van der Waals surface area contributed by atoms with Crippen LogP contribution in [0.25, 0.3) is 22.4 Å². The Morgan fingerprint density at radius 1 is 1.21 bits per heavy atom. The molecular formula is C15H12BrFN2. The van der Waals surface area contributed by atoms with Crippen molar-refractivity contribution in [1.29, 1.82) is 0 Å².